The van der Waals surface area contributed by atoms with Gasteiger partial charge in [0, 0.05) is 27.3 Å². The van der Waals surface area contributed by atoms with E-state index < -0.39 is 6.04 Å². The Kier molecular flexibility index (Phi) is 10.1. The number of para-hydroxylation sites is 3. The first-order valence-electron chi connectivity index (χ1n) is 14.5. The third-order valence-corrected chi connectivity index (χ3v) is 8.80. The van der Waals surface area contributed by atoms with Crippen molar-refractivity contribution in [3.63, 3.8) is 0 Å². The smallest absolute Gasteiger partial charge is 0.202 e. The first-order chi connectivity index (χ1) is 20.5. The molecule has 1 aromatic heterocycles. The summed E-state index contributed by atoms with van der Waals surface area (Å²) in [7, 11) is 0. The number of nitrogen functional groups attached to an aromatic ring is 1. The van der Waals surface area contributed by atoms with Gasteiger partial charge in [0.05, 0.1) is 16.8 Å². The molecule has 1 aliphatic rings. The van der Waals surface area contributed by atoms with Gasteiger partial charge in [-0.05, 0) is 64.4 Å². The van der Waals surface area contributed by atoms with Gasteiger partial charge in [0.1, 0.15) is 6.04 Å². The summed E-state index contributed by atoms with van der Waals surface area (Å²) in [5.74, 6) is 0.656. The van der Waals surface area contributed by atoms with E-state index in [0.717, 1.165) is 44.3 Å². The lowest BCUT2D eigenvalue weighted by molar-refractivity contribution is -0.122. The summed E-state index contributed by atoms with van der Waals surface area (Å²) in [6, 6.07) is 34.5. The zero-order valence-corrected chi connectivity index (χ0v) is 25.7. The number of fused-ring (bicyclic) bond motifs is 1. The highest BCUT2D eigenvalue weighted by Gasteiger charge is 2.30. The van der Waals surface area contributed by atoms with E-state index in [1.165, 1.54) is 19.3 Å². The number of carbonyl (C=O) groups excluding carboxylic acids is 1. The van der Waals surface area contributed by atoms with E-state index >= 15 is 0 Å². The van der Waals surface area contributed by atoms with Gasteiger partial charge >= 0.3 is 0 Å². The molecule has 5 nitrogen and oxygen atoms in total. The maximum atomic E-state index is 13.8. The van der Waals surface area contributed by atoms with Crippen molar-refractivity contribution in [2.75, 3.05) is 5.73 Å². The van der Waals surface area contributed by atoms with Crippen LogP contribution in [0.5, 0.6) is 5.88 Å². The molecule has 3 N–H and O–H groups in total. The van der Waals surface area contributed by atoms with Crippen molar-refractivity contribution < 1.29 is 9.90 Å². The number of aliphatic imine (C=N–C) groups is 1. The average molecular weight is 670 g/mol. The molecule has 42 heavy (non-hydrogen) atoms. The van der Waals surface area contributed by atoms with Crippen molar-refractivity contribution in [2.45, 2.75) is 44.6 Å². The summed E-state index contributed by atoms with van der Waals surface area (Å²) >= 11 is 2.20. The van der Waals surface area contributed by atoms with Crippen LogP contribution in [0.25, 0.3) is 10.9 Å². The van der Waals surface area contributed by atoms with Gasteiger partial charge in [-0.2, -0.15) is 0 Å². The second-order valence-electron chi connectivity index (χ2n) is 10.7. The predicted octanol–water partition coefficient (Wildman–Crippen LogP) is 9.10. The van der Waals surface area contributed by atoms with Crippen LogP contribution in [0.4, 0.5) is 11.4 Å². The first kappa shape index (κ1) is 29.6. The summed E-state index contributed by atoms with van der Waals surface area (Å²) < 4.78 is 2.92. The van der Waals surface area contributed by atoms with E-state index in [1.54, 1.807) is 6.21 Å². The molecule has 0 aliphatic heterocycles. The number of rotatable bonds is 7. The molecule has 1 fully saturated rings. The van der Waals surface area contributed by atoms with Crippen molar-refractivity contribution in [1.82, 2.24) is 4.57 Å². The number of hydrogen-bond donors (Lipinski definition) is 2. The van der Waals surface area contributed by atoms with E-state index in [0.29, 0.717) is 17.9 Å². The normalized spacial score (nSPS) is 14.4. The molecule has 0 radical (unpaired) electrons. The average Bonchev–Trinajstić information content (AvgIpc) is 3.30. The topological polar surface area (TPSA) is 80.6 Å². The Morgan fingerprint density at radius 3 is 2.17 bits per heavy atom. The highest BCUT2D eigenvalue weighted by molar-refractivity contribution is 14.1. The van der Waals surface area contributed by atoms with Crippen LogP contribution < -0.4 is 5.73 Å². The molecule has 1 aliphatic carbocycles. The van der Waals surface area contributed by atoms with Crippen molar-refractivity contribution in [2.24, 2.45) is 10.9 Å². The Bertz CT molecular complexity index is 1620. The number of Topliss-reactive ketones (excluding diaryl/α,β-unsaturated/α-hetero) is 1. The highest BCUT2D eigenvalue weighted by Crippen LogP contribution is 2.38. The van der Waals surface area contributed by atoms with Gasteiger partial charge in [0.15, 0.2) is 5.78 Å². The quantitative estimate of drug-likeness (QED) is 0.103. The number of ketones is 1. The standard InChI is InChI=1S/C30H30N2O2.C6H6IN/c33-28(20-22-12-4-1-5-13-22)29(23-14-6-2-7-15-23)32-27-19-11-10-18-25(27)26(30(32)34)21-31-24-16-8-3-9-17-24;7-5-3-1-2-4-6(5)8/h2-3,6-11,14-19,21-22,29,34H,1,4-5,12-13,20H2;1-4H,8H2. The van der Waals surface area contributed by atoms with Gasteiger partial charge in [-0.1, -0.05) is 111 Å². The van der Waals surface area contributed by atoms with Crippen LogP contribution in [0.1, 0.15) is 55.7 Å². The fourth-order valence-electron chi connectivity index (χ4n) is 5.69. The zero-order chi connectivity index (χ0) is 29.3. The number of hydrogen-bond acceptors (Lipinski definition) is 4. The minimum absolute atomic E-state index is 0.0757. The number of aromatic hydroxyl groups is 1. The second-order valence-corrected chi connectivity index (χ2v) is 11.9. The number of aromatic nitrogens is 1. The van der Waals surface area contributed by atoms with Gasteiger partial charge in [0.25, 0.3) is 0 Å². The molecule has 6 rings (SSSR count). The van der Waals surface area contributed by atoms with Gasteiger partial charge in [-0.15, -0.1) is 0 Å². The van der Waals surface area contributed by atoms with E-state index in [2.05, 4.69) is 27.6 Å². The van der Waals surface area contributed by atoms with Crippen molar-refractivity contribution >= 4 is 56.9 Å². The van der Waals surface area contributed by atoms with Gasteiger partial charge in [-0.3, -0.25) is 14.4 Å². The number of benzene rings is 4. The number of nitrogens with zero attached hydrogens (tertiary/aromatic N) is 2. The molecule has 6 heteroatoms. The first-order valence-corrected chi connectivity index (χ1v) is 15.6. The van der Waals surface area contributed by atoms with Gasteiger partial charge in [0.2, 0.25) is 5.88 Å². The fraction of sp³-hybridized carbons (Fsp3) is 0.222. The molecule has 1 heterocycles. The molecule has 0 bridgehead atoms. The summed E-state index contributed by atoms with van der Waals surface area (Å²) in [5, 5.41) is 12.4. The minimum atomic E-state index is -0.577. The molecule has 1 atom stereocenters. The summed E-state index contributed by atoms with van der Waals surface area (Å²) in [4.78, 5) is 18.4. The Morgan fingerprint density at radius 2 is 1.50 bits per heavy atom. The molecular formula is C36H36IN3O2. The third kappa shape index (κ3) is 7.10. The molecule has 5 aromatic rings. The van der Waals surface area contributed by atoms with Crippen LogP contribution >= 0.6 is 22.6 Å². The lowest BCUT2D eigenvalue weighted by Gasteiger charge is -2.25. The second kappa shape index (κ2) is 14.3. The monoisotopic (exact) mass is 669 g/mol. The van der Waals surface area contributed by atoms with Crippen LogP contribution in [-0.4, -0.2) is 21.7 Å². The van der Waals surface area contributed by atoms with E-state index in [1.807, 2.05) is 114 Å². The van der Waals surface area contributed by atoms with Crippen molar-refractivity contribution in [3.05, 3.63) is 124 Å². The predicted molar refractivity (Wildman–Crippen MR) is 182 cm³/mol. The minimum Gasteiger partial charge on any atom is -0.494 e. The van der Waals surface area contributed by atoms with Gasteiger partial charge < -0.3 is 10.8 Å². The SMILES string of the molecule is Nc1ccccc1I.O=C(CC1CCCCC1)C(c1ccccc1)n1c(O)c(C=Nc2ccccc2)c2ccccc21. The summed E-state index contributed by atoms with van der Waals surface area (Å²) in [6.07, 6.45) is 8.13. The maximum absolute atomic E-state index is 13.8. The van der Waals surface area contributed by atoms with Crippen LogP contribution in [0, 0.1) is 9.49 Å². The molecule has 0 spiro atoms. The van der Waals surface area contributed by atoms with Crippen LogP contribution in [0.3, 0.4) is 0 Å². The molecular weight excluding hydrogens is 633 g/mol. The number of anilines is 1. The lowest BCUT2D eigenvalue weighted by atomic mass is 9.84. The zero-order valence-electron chi connectivity index (χ0n) is 23.6. The molecule has 0 saturated heterocycles. The molecule has 1 unspecified atom stereocenters. The highest BCUT2D eigenvalue weighted by atomic mass is 127. The largest absolute Gasteiger partial charge is 0.494 e. The van der Waals surface area contributed by atoms with Crippen LogP contribution in [0.15, 0.2) is 114 Å². The third-order valence-electron chi connectivity index (χ3n) is 7.82. The van der Waals surface area contributed by atoms with Crippen molar-refractivity contribution in [3.8, 4) is 5.88 Å². The molecule has 4 aromatic carbocycles. The van der Waals surface area contributed by atoms with E-state index in [-0.39, 0.29) is 11.7 Å². The van der Waals surface area contributed by atoms with Crippen LogP contribution in [0.2, 0.25) is 0 Å². The van der Waals surface area contributed by atoms with Crippen molar-refractivity contribution in [1.29, 1.82) is 0 Å². The van der Waals surface area contributed by atoms with E-state index in [9.17, 15) is 9.90 Å². The maximum Gasteiger partial charge on any atom is 0.202 e. The lowest BCUT2D eigenvalue weighted by Crippen LogP contribution is -2.24. The fourth-order valence-corrected chi connectivity index (χ4v) is 6.08. The number of halogens is 1. The summed E-state index contributed by atoms with van der Waals surface area (Å²) in [5.41, 5.74) is 9.54. The van der Waals surface area contributed by atoms with E-state index in [4.69, 9.17) is 5.73 Å². The summed E-state index contributed by atoms with van der Waals surface area (Å²) in [6.45, 7) is 0. The molecule has 0 amide bonds. The Morgan fingerprint density at radius 1 is 0.881 bits per heavy atom. The Balaban J connectivity index is 0.000000382. The molecule has 214 valence electrons. The number of carbonyl (C=O) groups is 1. The Hall–Kier alpha value is -3.91. The molecule has 1 saturated carbocycles. The van der Waals surface area contributed by atoms with Crippen LogP contribution in [-0.2, 0) is 4.79 Å². The number of nitrogens with two attached hydrogens (primary N) is 1. The Labute approximate surface area is 261 Å². The van der Waals surface area contributed by atoms with Gasteiger partial charge in [-0.25, -0.2) is 0 Å².